The average molecular weight is 370 g/mol. The van der Waals surface area contributed by atoms with E-state index in [1.54, 1.807) is 13.1 Å². The molecule has 1 amide bonds. The number of aliphatic hydroxyl groups excluding tert-OH is 1. The molecular formula is C19H20N3O5+. The van der Waals surface area contributed by atoms with Crippen LogP contribution in [0.25, 0.3) is 11.3 Å². The van der Waals surface area contributed by atoms with E-state index < -0.39 is 18.0 Å². The van der Waals surface area contributed by atoms with Crippen LogP contribution in [0.3, 0.4) is 0 Å². The number of pyridine rings is 1. The zero-order chi connectivity index (χ0) is 19.3. The highest BCUT2D eigenvalue weighted by Crippen LogP contribution is 2.47. The van der Waals surface area contributed by atoms with Crippen LogP contribution in [0.15, 0.2) is 52.8 Å². The number of carboxylic acids is 1. The number of carbonyl (C=O) groups is 2. The fraction of sp³-hybridized carbons (Fsp3) is 0.368. The molecule has 2 aliphatic rings. The lowest BCUT2D eigenvalue weighted by molar-refractivity contribution is -0.689. The summed E-state index contributed by atoms with van der Waals surface area (Å²) < 4.78 is 7.13. The standard InChI is InChI=1S/C19H19N3O5/c1-10-13(8-21-5-3-12(4-6-21)14-7-20-9-27-14)17(19(25)26)22-16(10)15(11(2)23)18(22)24/h3-7,9-11,15-16,23H,8H2,1-2H3/p+1/t10-,11+,15+,16+/m0/s1. The van der Waals surface area contributed by atoms with Gasteiger partial charge in [0.2, 0.25) is 5.91 Å². The molecule has 2 N–H and O–H groups in total. The molecule has 2 aromatic heterocycles. The largest absolute Gasteiger partial charge is 0.477 e. The maximum atomic E-state index is 12.4. The Morgan fingerprint density at radius 3 is 2.67 bits per heavy atom. The zero-order valence-corrected chi connectivity index (χ0v) is 14.9. The zero-order valence-electron chi connectivity index (χ0n) is 14.9. The summed E-state index contributed by atoms with van der Waals surface area (Å²) >= 11 is 0. The normalized spacial score (nSPS) is 25.4. The second kappa shape index (κ2) is 6.31. The minimum Gasteiger partial charge on any atom is -0.477 e. The van der Waals surface area contributed by atoms with E-state index in [2.05, 4.69) is 4.98 Å². The highest BCUT2D eigenvalue weighted by Gasteiger charge is 2.60. The molecule has 4 atom stereocenters. The number of oxazole rings is 1. The predicted molar refractivity (Wildman–Crippen MR) is 91.8 cm³/mol. The van der Waals surface area contributed by atoms with Crippen LogP contribution >= 0.6 is 0 Å². The van der Waals surface area contributed by atoms with Gasteiger partial charge in [0.15, 0.2) is 31.1 Å². The van der Waals surface area contributed by atoms with Crippen molar-refractivity contribution in [3.05, 3.63) is 48.4 Å². The summed E-state index contributed by atoms with van der Waals surface area (Å²) in [4.78, 5) is 29.4. The monoisotopic (exact) mass is 370 g/mol. The molecule has 2 aromatic rings. The van der Waals surface area contributed by atoms with Crippen molar-refractivity contribution >= 4 is 11.9 Å². The molecule has 4 heterocycles. The van der Waals surface area contributed by atoms with E-state index in [0.717, 1.165) is 5.56 Å². The van der Waals surface area contributed by atoms with Gasteiger partial charge < -0.3 is 19.5 Å². The number of β-lactam (4-membered cyclic amide) rings is 1. The van der Waals surface area contributed by atoms with Crippen LogP contribution in [-0.4, -0.2) is 44.1 Å². The van der Waals surface area contributed by atoms with E-state index in [1.807, 2.05) is 36.0 Å². The Balaban J connectivity index is 1.63. The lowest BCUT2D eigenvalue weighted by atomic mass is 9.78. The molecule has 0 bridgehead atoms. The number of carbonyl (C=O) groups excluding carboxylic acids is 1. The number of amides is 1. The number of aliphatic hydroxyl groups is 1. The SMILES string of the molecule is C[C@@H](O)[C@H]1C(=O)N2C(C(=O)O)=C(C[n+]3ccc(-c4cnco4)cc3)[C@H](C)[C@H]12. The van der Waals surface area contributed by atoms with Crippen molar-refractivity contribution in [3.63, 3.8) is 0 Å². The van der Waals surface area contributed by atoms with E-state index in [4.69, 9.17) is 4.42 Å². The molecular weight excluding hydrogens is 350 g/mol. The first kappa shape index (κ1) is 17.4. The van der Waals surface area contributed by atoms with Gasteiger partial charge in [-0.25, -0.2) is 14.3 Å². The van der Waals surface area contributed by atoms with Crippen LogP contribution in [0.5, 0.6) is 0 Å². The molecule has 8 nitrogen and oxygen atoms in total. The number of aliphatic carboxylic acids is 1. The molecule has 1 saturated heterocycles. The summed E-state index contributed by atoms with van der Waals surface area (Å²) in [6, 6.07) is 3.42. The quantitative estimate of drug-likeness (QED) is 0.596. The smallest absolute Gasteiger partial charge is 0.352 e. The molecule has 2 aliphatic heterocycles. The van der Waals surface area contributed by atoms with Gasteiger partial charge in [-0.1, -0.05) is 6.92 Å². The van der Waals surface area contributed by atoms with Crippen molar-refractivity contribution in [1.82, 2.24) is 9.88 Å². The molecule has 0 saturated carbocycles. The van der Waals surface area contributed by atoms with Crippen LogP contribution in [-0.2, 0) is 16.1 Å². The fourth-order valence-electron chi connectivity index (χ4n) is 4.14. The van der Waals surface area contributed by atoms with Gasteiger partial charge in [-0.05, 0) is 6.92 Å². The molecule has 27 heavy (non-hydrogen) atoms. The number of nitrogens with zero attached hydrogens (tertiary/aromatic N) is 3. The summed E-state index contributed by atoms with van der Waals surface area (Å²) in [5.41, 5.74) is 1.59. The van der Waals surface area contributed by atoms with Crippen LogP contribution in [0, 0.1) is 11.8 Å². The van der Waals surface area contributed by atoms with Crippen molar-refractivity contribution in [2.45, 2.75) is 32.5 Å². The number of hydrogen-bond donors (Lipinski definition) is 2. The Kier molecular flexibility index (Phi) is 4.07. The molecule has 0 aromatic carbocycles. The van der Waals surface area contributed by atoms with Crippen LogP contribution in [0.4, 0.5) is 0 Å². The highest BCUT2D eigenvalue weighted by molar-refractivity contribution is 5.99. The molecule has 8 heteroatoms. The van der Waals surface area contributed by atoms with Gasteiger partial charge in [0.05, 0.1) is 24.3 Å². The van der Waals surface area contributed by atoms with Crippen LogP contribution in [0.2, 0.25) is 0 Å². The first-order valence-electron chi connectivity index (χ1n) is 8.75. The molecule has 0 aliphatic carbocycles. The lowest BCUT2D eigenvalue weighted by Crippen LogP contribution is -2.63. The average Bonchev–Trinajstić information content (AvgIpc) is 3.22. The van der Waals surface area contributed by atoms with E-state index >= 15 is 0 Å². The van der Waals surface area contributed by atoms with Gasteiger partial charge in [-0.15, -0.1) is 0 Å². The summed E-state index contributed by atoms with van der Waals surface area (Å²) in [5, 5.41) is 19.6. The van der Waals surface area contributed by atoms with Crippen molar-refractivity contribution in [1.29, 1.82) is 0 Å². The van der Waals surface area contributed by atoms with Gasteiger partial charge in [0.25, 0.3) is 0 Å². The molecule has 1 fully saturated rings. The first-order chi connectivity index (χ1) is 12.9. The van der Waals surface area contributed by atoms with Gasteiger partial charge in [-0.2, -0.15) is 0 Å². The van der Waals surface area contributed by atoms with Gasteiger partial charge in [0, 0.05) is 29.2 Å². The van der Waals surface area contributed by atoms with E-state index in [-0.39, 0.29) is 23.6 Å². The van der Waals surface area contributed by atoms with E-state index in [1.165, 1.54) is 11.3 Å². The fourth-order valence-corrected chi connectivity index (χ4v) is 4.14. The lowest BCUT2D eigenvalue weighted by Gasteiger charge is -2.46. The number of hydrogen-bond acceptors (Lipinski definition) is 5. The Morgan fingerprint density at radius 1 is 1.41 bits per heavy atom. The third-order valence-electron chi connectivity index (χ3n) is 5.48. The maximum Gasteiger partial charge on any atom is 0.352 e. The van der Waals surface area contributed by atoms with E-state index in [9.17, 15) is 19.8 Å². The van der Waals surface area contributed by atoms with Crippen LogP contribution < -0.4 is 4.57 Å². The number of fused-ring (bicyclic) bond motifs is 1. The van der Waals surface area contributed by atoms with Gasteiger partial charge in [0.1, 0.15) is 5.70 Å². The van der Waals surface area contributed by atoms with Crippen molar-refractivity contribution in [2.24, 2.45) is 11.8 Å². The summed E-state index contributed by atoms with van der Waals surface area (Å²) in [6.45, 7) is 3.84. The number of rotatable bonds is 5. The second-order valence-electron chi connectivity index (χ2n) is 7.06. The molecule has 4 rings (SSSR count). The molecule has 0 spiro atoms. The highest BCUT2D eigenvalue weighted by atomic mass is 16.4. The Hall–Kier alpha value is -3.00. The van der Waals surface area contributed by atoms with Crippen LogP contribution in [0.1, 0.15) is 13.8 Å². The van der Waals surface area contributed by atoms with Crippen molar-refractivity contribution in [3.8, 4) is 11.3 Å². The number of carboxylic acid groups (broad SMARTS) is 1. The maximum absolute atomic E-state index is 12.4. The predicted octanol–water partition coefficient (Wildman–Crippen LogP) is 0.825. The third kappa shape index (κ3) is 2.64. The summed E-state index contributed by atoms with van der Waals surface area (Å²) in [5.74, 6) is -1.48. The van der Waals surface area contributed by atoms with Crippen molar-refractivity contribution < 1.29 is 28.8 Å². The Morgan fingerprint density at radius 2 is 2.11 bits per heavy atom. The molecule has 0 radical (unpaired) electrons. The second-order valence-corrected chi connectivity index (χ2v) is 7.06. The van der Waals surface area contributed by atoms with Gasteiger partial charge in [-0.3, -0.25) is 4.79 Å². The minimum absolute atomic E-state index is 0.0428. The Labute approximate surface area is 155 Å². The molecule has 0 unspecified atom stereocenters. The van der Waals surface area contributed by atoms with E-state index in [0.29, 0.717) is 17.9 Å². The summed E-state index contributed by atoms with van der Waals surface area (Å²) in [7, 11) is 0. The number of aromatic nitrogens is 2. The Bertz CT molecular complexity index is 917. The third-order valence-corrected chi connectivity index (χ3v) is 5.48. The topological polar surface area (TPSA) is 108 Å². The van der Waals surface area contributed by atoms with Crippen molar-refractivity contribution in [2.75, 3.05) is 0 Å². The van der Waals surface area contributed by atoms with Gasteiger partial charge >= 0.3 is 5.97 Å². The minimum atomic E-state index is -1.12. The molecule has 140 valence electrons. The first-order valence-corrected chi connectivity index (χ1v) is 8.75. The summed E-state index contributed by atoms with van der Waals surface area (Å²) in [6.07, 6.45) is 5.85.